The molecule has 0 aliphatic rings. The van der Waals surface area contributed by atoms with Gasteiger partial charge in [0.05, 0.1) is 0 Å². The minimum absolute atomic E-state index is 0.952. The first-order valence-corrected chi connectivity index (χ1v) is 21.5. The van der Waals surface area contributed by atoms with Gasteiger partial charge in [0.2, 0.25) is 0 Å². The van der Waals surface area contributed by atoms with Crippen molar-refractivity contribution in [3.05, 3.63) is 71.8 Å². The molecule has 0 amide bonds. The molecule has 0 aliphatic heterocycles. The van der Waals surface area contributed by atoms with E-state index in [9.17, 15) is 0 Å². The monoisotopic (exact) mass is 676 g/mol. The molecule has 6 aromatic rings. The fourth-order valence-electron chi connectivity index (χ4n) is 8.66. The molecule has 0 saturated heterocycles. The van der Waals surface area contributed by atoms with Crippen LogP contribution in [0.2, 0.25) is 0 Å². The highest BCUT2D eigenvalue weighted by atomic mass is 32.1. The van der Waals surface area contributed by atoms with Crippen LogP contribution in [0.4, 0.5) is 0 Å². The van der Waals surface area contributed by atoms with Crippen LogP contribution in [0.3, 0.4) is 0 Å². The summed E-state index contributed by atoms with van der Waals surface area (Å²) in [5.74, 6) is 1.90. The van der Waals surface area contributed by atoms with Gasteiger partial charge in [-0.1, -0.05) is 154 Å². The third-order valence-corrected chi connectivity index (χ3v) is 13.6. The Morgan fingerprint density at radius 3 is 1.15 bits per heavy atom. The van der Waals surface area contributed by atoms with Gasteiger partial charge in [0.15, 0.2) is 0 Å². The third-order valence-electron chi connectivity index (χ3n) is 11.1. The van der Waals surface area contributed by atoms with Gasteiger partial charge in [0.25, 0.3) is 0 Å². The molecule has 0 aliphatic carbocycles. The molecule has 0 atom stereocenters. The van der Waals surface area contributed by atoms with Gasteiger partial charge in [0.1, 0.15) is 0 Å². The Morgan fingerprint density at radius 2 is 0.771 bits per heavy atom. The van der Waals surface area contributed by atoms with Crippen molar-refractivity contribution in [3.8, 4) is 0 Å². The number of hydrogen-bond donors (Lipinski definition) is 0. The van der Waals surface area contributed by atoms with Gasteiger partial charge in [-0.25, -0.2) is 0 Å². The van der Waals surface area contributed by atoms with Crippen molar-refractivity contribution in [2.24, 2.45) is 11.8 Å². The molecule has 48 heavy (non-hydrogen) atoms. The van der Waals surface area contributed by atoms with Gasteiger partial charge in [-0.2, -0.15) is 0 Å². The van der Waals surface area contributed by atoms with Crippen LogP contribution < -0.4 is 0 Å². The second-order valence-corrected chi connectivity index (χ2v) is 17.0. The summed E-state index contributed by atoms with van der Waals surface area (Å²) in [4.78, 5) is 0. The summed E-state index contributed by atoms with van der Waals surface area (Å²) in [6, 6.07) is 24.3. The van der Waals surface area contributed by atoms with E-state index >= 15 is 0 Å². The fraction of sp³-hybridized carbons (Fsp3) is 0.522. The minimum Gasteiger partial charge on any atom is -0.135 e. The number of rotatable bonds is 20. The Morgan fingerprint density at radius 1 is 0.396 bits per heavy atom. The third kappa shape index (κ3) is 8.30. The molecule has 2 heterocycles. The Bertz CT molecular complexity index is 1750. The molecule has 0 bridgehead atoms. The van der Waals surface area contributed by atoms with Gasteiger partial charge in [-0.05, 0) is 72.9 Å². The average molecular weight is 677 g/mol. The highest BCUT2D eigenvalue weighted by molar-refractivity contribution is 7.28. The van der Waals surface area contributed by atoms with Gasteiger partial charge >= 0.3 is 0 Å². The molecule has 256 valence electrons. The van der Waals surface area contributed by atoms with Gasteiger partial charge in [0, 0.05) is 51.1 Å². The molecule has 0 saturated carbocycles. The zero-order valence-electron chi connectivity index (χ0n) is 30.5. The summed E-state index contributed by atoms with van der Waals surface area (Å²) in [6.07, 6.45) is 24.4. The van der Waals surface area contributed by atoms with Crippen molar-refractivity contribution in [2.75, 3.05) is 0 Å². The van der Waals surface area contributed by atoms with E-state index < -0.39 is 0 Å². The van der Waals surface area contributed by atoms with Gasteiger partial charge in [-0.15, -0.1) is 22.7 Å². The van der Waals surface area contributed by atoms with Crippen molar-refractivity contribution < 1.29 is 0 Å². The lowest BCUT2D eigenvalue weighted by Crippen LogP contribution is -1.99. The molecule has 0 nitrogen and oxygen atoms in total. The van der Waals surface area contributed by atoms with Crippen LogP contribution in [0.5, 0.6) is 0 Å². The highest BCUT2D eigenvalue weighted by Gasteiger charge is 2.15. The zero-order valence-corrected chi connectivity index (χ0v) is 32.1. The summed E-state index contributed by atoms with van der Waals surface area (Å²) in [5, 5.41) is 8.62. The van der Waals surface area contributed by atoms with Gasteiger partial charge in [-0.3, -0.25) is 0 Å². The molecule has 4 aromatic carbocycles. The lowest BCUT2D eigenvalue weighted by atomic mass is 9.92. The largest absolute Gasteiger partial charge is 0.135 e. The van der Waals surface area contributed by atoms with Crippen LogP contribution >= 0.6 is 22.7 Å². The van der Waals surface area contributed by atoms with E-state index in [1.54, 1.807) is 0 Å². The van der Waals surface area contributed by atoms with Crippen LogP contribution in [0.25, 0.3) is 51.1 Å². The lowest BCUT2D eigenvalue weighted by molar-refractivity contribution is 0.393. The fourth-order valence-corrected chi connectivity index (χ4v) is 11.1. The Hall–Kier alpha value is -2.42. The summed E-state index contributed by atoms with van der Waals surface area (Å²) < 4.78 is 5.77. The summed E-state index contributed by atoms with van der Waals surface area (Å²) in [7, 11) is 0. The second-order valence-electron chi connectivity index (χ2n) is 14.9. The van der Waals surface area contributed by atoms with E-state index in [2.05, 4.69) is 88.4 Å². The molecule has 6 rings (SSSR count). The molecule has 0 spiro atoms. The molecule has 0 unspecified atom stereocenters. The molecule has 0 N–H and O–H groups in total. The zero-order chi connectivity index (χ0) is 33.3. The normalized spacial score (nSPS) is 12.4. The standard InChI is InChI=1S/C46H60S2/c1-5-15-33(16-6-2)19-11-9-13-21-35-23-29-43-41(31-35)39-27-25-38-37(45(39)47-43)26-28-40-42-32-36(24-30-44(42)48-46(38)40)22-14-10-12-20-34(17-7-3)18-8-4/h23-34H,5-22H2,1-4H3. The number of aryl methyl sites for hydroxylation is 2. The van der Waals surface area contributed by atoms with E-state index in [1.807, 2.05) is 22.7 Å². The smallest absolute Gasteiger partial charge is 0.0434 e. The van der Waals surface area contributed by atoms with Crippen molar-refractivity contribution in [1.82, 2.24) is 0 Å². The van der Waals surface area contributed by atoms with Crippen molar-refractivity contribution >= 4 is 73.8 Å². The number of benzene rings is 4. The van der Waals surface area contributed by atoms with Crippen LogP contribution in [0.1, 0.15) is 142 Å². The Kier molecular flexibility index (Phi) is 12.9. The molecular weight excluding hydrogens is 617 g/mol. The van der Waals surface area contributed by atoms with E-state index in [-0.39, 0.29) is 0 Å². The molecule has 2 heteroatoms. The van der Waals surface area contributed by atoms with E-state index in [0.717, 1.165) is 11.8 Å². The number of fused-ring (bicyclic) bond motifs is 9. The summed E-state index contributed by atoms with van der Waals surface area (Å²) >= 11 is 3.97. The highest BCUT2D eigenvalue weighted by Crippen LogP contribution is 2.44. The predicted octanol–water partition coefficient (Wildman–Crippen LogP) is 16.2. The maximum absolute atomic E-state index is 2.51. The van der Waals surface area contributed by atoms with Crippen molar-refractivity contribution in [2.45, 2.75) is 143 Å². The van der Waals surface area contributed by atoms with Crippen LogP contribution in [0, 0.1) is 11.8 Å². The van der Waals surface area contributed by atoms with E-state index in [1.165, 1.54) is 178 Å². The Labute approximate surface area is 299 Å². The van der Waals surface area contributed by atoms with Crippen molar-refractivity contribution in [1.29, 1.82) is 0 Å². The molecule has 0 radical (unpaired) electrons. The quantitative estimate of drug-likeness (QED) is 0.0706. The van der Waals surface area contributed by atoms with Crippen LogP contribution in [-0.2, 0) is 12.8 Å². The molecular formula is C46H60S2. The second kappa shape index (κ2) is 17.5. The molecule has 0 fully saturated rings. The lowest BCUT2D eigenvalue weighted by Gasteiger charge is -2.14. The molecule has 2 aromatic heterocycles. The summed E-state index contributed by atoms with van der Waals surface area (Å²) in [5.41, 5.74) is 3.02. The Balaban J connectivity index is 1.14. The van der Waals surface area contributed by atoms with Gasteiger partial charge < -0.3 is 0 Å². The van der Waals surface area contributed by atoms with Crippen LogP contribution in [-0.4, -0.2) is 0 Å². The first kappa shape index (κ1) is 35.4. The minimum atomic E-state index is 0.952. The van der Waals surface area contributed by atoms with E-state index in [0.29, 0.717) is 0 Å². The maximum Gasteiger partial charge on any atom is 0.0434 e. The first-order chi connectivity index (χ1) is 23.6. The SMILES string of the molecule is CCCC(CCC)CCCCCc1ccc2sc3c(ccc4c3ccc3c5cc(CCCCCC(CCC)CCC)ccc5sc34)c2c1. The maximum atomic E-state index is 2.51. The van der Waals surface area contributed by atoms with Crippen LogP contribution in [0.15, 0.2) is 60.7 Å². The first-order valence-electron chi connectivity index (χ1n) is 19.8. The number of unbranched alkanes of at least 4 members (excludes halogenated alkanes) is 4. The van der Waals surface area contributed by atoms with Crippen molar-refractivity contribution in [3.63, 3.8) is 0 Å². The predicted molar refractivity (Wildman–Crippen MR) is 221 cm³/mol. The number of hydrogen-bond acceptors (Lipinski definition) is 2. The summed E-state index contributed by atoms with van der Waals surface area (Å²) in [6.45, 7) is 9.37. The van der Waals surface area contributed by atoms with E-state index in [4.69, 9.17) is 0 Å². The average Bonchev–Trinajstić information content (AvgIpc) is 3.66. The number of thiophene rings is 2. The topological polar surface area (TPSA) is 0 Å².